The van der Waals surface area contributed by atoms with Crippen LogP contribution >= 0.6 is 0 Å². The summed E-state index contributed by atoms with van der Waals surface area (Å²) in [6, 6.07) is 16.8. The number of rotatable bonds is 8. The fourth-order valence-corrected chi connectivity index (χ4v) is 4.46. The Labute approximate surface area is 185 Å². The zero-order valence-corrected chi connectivity index (χ0v) is 18.4. The van der Waals surface area contributed by atoms with Crippen molar-refractivity contribution in [3.63, 3.8) is 0 Å². The zero-order valence-electron chi connectivity index (χ0n) is 18.4. The van der Waals surface area contributed by atoms with Crippen molar-refractivity contribution >= 4 is 0 Å². The van der Waals surface area contributed by atoms with Gasteiger partial charge in [0.2, 0.25) is 0 Å². The second-order valence-electron chi connectivity index (χ2n) is 8.76. The maximum atomic E-state index is 14.6. The summed E-state index contributed by atoms with van der Waals surface area (Å²) < 4.78 is 14.6. The van der Waals surface area contributed by atoms with Crippen molar-refractivity contribution in [2.75, 3.05) is 13.1 Å². The summed E-state index contributed by atoms with van der Waals surface area (Å²) in [5, 5.41) is 3.43. The smallest absolute Gasteiger partial charge is 0.167 e. The molecule has 1 saturated heterocycles. The summed E-state index contributed by atoms with van der Waals surface area (Å²) in [5.41, 5.74) is 5.13. The molecule has 1 fully saturated rings. The predicted octanol–water partition coefficient (Wildman–Crippen LogP) is 5.70. The van der Waals surface area contributed by atoms with Crippen molar-refractivity contribution in [3.05, 3.63) is 83.1 Å². The average molecular weight is 418 g/mol. The molecule has 1 aliphatic rings. The van der Waals surface area contributed by atoms with Gasteiger partial charge in [-0.2, -0.15) is 0 Å². The maximum Gasteiger partial charge on any atom is 0.167 e. The van der Waals surface area contributed by atoms with Gasteiger partial charge in [0.05, 0.1) is 6.20 Å². The normalized spacial score (nSPS) is 14.6. The summed E-state index contributed by atoms with van der Waals surface area (Å²) in [7, 11) is 0. The third-order valence-corrected chi connectivity index (χ3v) is 6.24. The molecule has 2 aromatic carbocycles. The molecule has 0 saturated carbocycles. The quantitative estimate of drug-likeness (QED) is 0.511. The van der Waals surface area contributed by atoms with Crippen LogP contribution in [0.5, 0.6) is 0 Å². The number of hydrogen-bond donors (Lipinski definition) is 1. The SMILES string of the molecule is Cc1cccc(CCCc2ncc(F)c(-c3cccc(CCC4CCNCC4)c3)n2)c1. The van der Waals surface area contributed by atoms with Crippen LogP contribution in [-0.4, -0.2) is 23.1 Å². The third kappa shape index (κ3) is 6.20. The van der Waals surface area contributed by atoms with E-state index in [0.29, 0.717) is 11.5 Å². The maximum absolute atomic E-state index is 14.6. The predicted molar refractivity (Wildman–Crippen MR) is 125 cm³/mol. The van der Waals surface area contributed by atoms with Gasteiger partial charge in [-0.3, -0.25) is 0 Å². The molecule has 0 radical (unpaired) electrons. The molecule has 3 aromatic rings. The van der Waals surface area contributed by atoms with Gasteiger partial charge < -0.3 is 5.32 Å². The first-order chi connectivity index (χ1) is 15.2. The van der Waals surface area contributed by atoms with E-state index in [1.54, 1.807) is 0 Å². The molecule has 31 heavy (non-hydrogen) atoms. The Hall–Kier alpha value is -2.59. The number of hydrogen-bond acceptors (Lipinski definition) is 3. The summed E-state index contributed by atoms with van der Waals surface area (Å²) in [6.07, 6.45) is 8.74. The van der Waals surface area contributed by atoms with Gasteiger partial charge in [0, 0.05) is 12.0 Å². The van der Waals surface area contributed by atoms with Gasteiger partial charge >= 0.3 is 0 Å². The molecule has 0 spiro atoms. The molecule has 4 heteroatoms. The molecule has 0 bridgehead atoms. The lowest BCUT2D eigenvalue weighted by atomic mass is 9.91. The van der Waals surface area contributed by atoms with Crippen LogP contribution in [0.1, 0.15) is 48.2 Å². The Morgan fingerprint density at radius 2 is 1.74 bits per heavy atom. The van der Waals surface area contributed by atoms with Crippen LogP contribution in [0, 0.1) is 18.7 Å². The second kappa shape index (κ2) is 10.6. The lowest BCUT2D eigenvalue weighted by molar-refractivity contribution is 0.354. The van der Waals surface area contributed by atoms with E-state index in [2.05, 4.69) is 58.6 Å². The molecule has 0 aliphatic carbocycles. The minimum absolute atomic E-state index is 0.349. The Bertz CT molecular complexity index is 995. The van der Waals surface area contributed by atoms with Crippen LogP contribution in [0.25, 0.3) is 11.3 Å². The fraction of sp³-hybridized carbons (Fsp3) is 0.407. The summed E-state index contributed by atoms with van der Waals surface area (Å²) >= 11 is 0. The van der Waals surface area contributed by atoms with Gasteiger partial charge in [0.15, 0.2) is 5.82 Å². The number of aryl methyl sites for hydroxylation is 4. The number of nitrogens with one attached hydrogen (secondary N) is 1. The minimum atomic E-state index is -0.349. The van der Waals surface area contributed by atoms with E-state index in [4.69, 9.17) is 0 Å². The first kappa shape index (κ1) is 21.6. The second-order valence-corrected chi connectivity index (χ2v) is 8.76. The van der Waals surface area contributed by atoms with Crippen LogP contribution in [0.15, 0.2) is 54.7 Å². The number of halogens is 1. The highest BCUT2D eigenvalue weighted by Crippen LogP contribution is 2.24. The molecule has 4 rings (SSSR count). The molecule has 1 N–H and O–H groups in total. The Morgan fingerprint density at radius 3 is 2.55 bits per heavy atom. The number of nitrogens with zero attached hydrogens (tertiary/aromatic N) is 2. The average Bonchev–Trinajstić information content (AvgIpc) is 2.80. The van der Waals surface area contributed by atoms with Gasteiger partial charge in [-0.25, -0.2) is 14.4 Å². The van der Waals surface area contributed by atoms with Crippen molar-refractivity contribution < 1.29 is 4.39 Å². The Morgan fingerprint density at radius 1 is 0.968 bits per heavy atom. The van der Waals surface area contributed by atoms with Gasteiger partial charge in [-0.05, 0) is 81.6 Å². The lowest BCUT2D eigenvalue weighted by Gasteiger charge is -2.22. The molecule has 0 atom stereocenters. The lowest BCUT2D eigenvalue weighted by Crippen LogP contribution is -2.27. The molecule has 1 aromatic heterocycles. The molecule has 0 amide bonds. The summed E-state index contributed by atoms with van der Waals surface area (Å²) in [5.74, 6) is 1.16. The number of piperidine rings is 1. The zero-order chi connectivity index (χ0) is 21.5. The van der Waals surface area contributed by atoms with Gasteiger partial charge in [0.25, 0.3) is 0 Å². The number of aromatic nitrogens is 2. The van der Waals surface area contributed by atoms with E-state index in [0.717, 1.165) is 50.3 Å². The number of benzene rings is 2. The van der Waals surface area contributed by atoms with Crippen molar-refractivity contribution in [1.29, 1.82) is 0 Å². The third-order valence-electron chi connectivity index (χ3n) is 6.24. The van der Waals surface area contributed by atoms with Gasteiger partial charge in [-0.1, -0.05) is 48.0 Å². The molecule has 2 heterocycles. The summed E-state index contributed by atoms with van der Waals surface area (Å²) in [6.45, 7) is 4.37. The van der Waals surface area contributed by atoms with Crippen LogP contribution < -0.4 is 5.32 Å². The van der Waals surface area contributed by atoms with Crippen molar-refractivity contribution in [2.24, 2.45) is 5.92 Å². The molecular weight excluding hydrogens is 385 g/mol. The van der Waals surface area contributed by atoms with Crippen LogP contribution in [-0.2, 0) is 19.3 Å². The molecule has 3 nitrogen and oxygen atoms in total. The van der Waals surface area contributed by atoms with Crippen LogP contribution in [0.2, 0.25) is 0 Å². The van der Waals surface area contributed by atoms with E-state index in [9.17, 15) is 4.39 Å². The monoisotopic (exact) mass is 417 g/mol. The Kier molecular flexibility index (Phi) is 7.42. The molecule has 0 unspecified atom stereocenters. The highest BCUT2D eigenvalue weighted by atomic mass is 19.1. The van der Waals surface area contributed by atoms with Crippen molar-refractivity contribution in [1.82, 2.24) is 15.3 Å². The highest BCUT2D eigenvalue weighted by Gasteiger charge is 2.14. The van der Waals surface area contributed by atoms with Gasteiger partial charge in [-0.15, -0.1) is 0 Å². The molecular formula is C27H32FN3. The first-order valence-electron chi connectivity index (χ1n) is 11.5. The van der Waals surface area contributed by atoms with E-state index >= 15 is 0 Å². The largest absolute Gasteiger partial charge is 0.317 e. The van der Waals surface area contributed by atoms with Crippen LogP contribution in [0.4, 0.5) is 4.39 Å². The van der Waals surface area contributed by atoms with Crippen LogP contribution in [0.3, 0.4) is 0 Å². The topological polar surface area (TPSA) is 37.8 Å². The van der Waals surface area contributed by atoms with E-state index < -0.39 is 0 Å². The fourth-order valence-electron chi connectivity index (χ4n) is 4.46. The highest BCUT2D eigenvalue weighted by molar-refractivity contribution is 5.60. The Balaban J connectivity index is 1.40. The molecule has 1 aliphatic heterocycles. The van der Waals surface area contributed by atoms with E-state index in [-0.39, 0.29) is 5.82 Å². The summed E-state index contributed by atoms with van der Waals surface area (Å²) in [4.78, 5) is 8.83. The standard InChI is InChI=1S/C27H32FN3/c1-20-5-2-6-22(17-20)8-4-10-26-30-19-25(28)27(31-26)24-9-3-7-23(18-24)12-11-21-13-15-29-16-14-21/h2-3,5-7,9,17-19,21,29H,4,8,10-16H2,1H3. The van der Waals surface area contributed by atoms with Gasteiger partial charge in [0.1, 0.15) is 11.5 Å². The van der Waals surface area contributed by atoms with E-state index in [1.807, 2.05) is 12.1 Å². The first-order valence-corrected chi connectivity index (χ1v) is 11.5. The molecule has 162 valence electrons. The van der Waals surface area contributed by atoms with E-state index in [1.165, 1.54) is 42.1 Å². The minimum Gasteiger partial charge on any atom is -0.317 e. The van der Waals surface area contributed by atoms with Crippen molar-refractivity contribution in [3.8, 4) is 11.3 Å². The van der Waals surface area contributed by atoms with Crippen molar-refractivity contribution in [2.45, 2.75) is 51.9 Å².